The summed E-state index contributed by atoms with van der Waals surface area (Å²) in [6, 6.07) is 4.88. The molecule has 1 aromatic rings. The van der Waals surface area contributed by atoms with Crippen LogP contribution in [0.15, 0.2) is 23.2 Å². The Bertz CT molecular complexity index is 579. The highest BCUT2D eigenvalue weighted by molar-refractivity contribution is 6.31. The van der Waals surface area contributed by atoms with E-state index in [1.54, 1.807) is 24.4 Å². The van der Waals surface area contributed by atoms with E-state index < -0.39 is 5.23 Å². The van der Waals surface area contributed by atoms with Crippen LogP contribution in [0.2, 0.25) is 5.02 Å². The van der Waals surface area contributed by atoms with Crippen LogP contribution in [-0.4, -0.2) is 17.0 Å². The molecule has 0 amide bonds. The van der Waals surface area contributed by atoms with E-state index in [0.717, 1.165) is 17.8 Å². The van der Waals surface area contributed by atoms with E-state index >= 15 is 0 Å². The molecule has 0 saturated heterocycles. The van der Waals surface area contributed by atoms with Crippen LogP contribution in [0.4, 0.5) is 5.69 Å². The second-order valence-corrected chi connectivity index (χ2v) is 7.87. The van der Waals surface area contributed by atoms with E-state index in [1.807, 2.05) is 0 Å². The van der Waals surface area contributed by atoms with Crippen molar-refractivity contribution in [3.05, 3.63) is 34.0 Å². The van der Waals surface area contributed by atoms with Gasteiger partial charge in [-0.2, -0.15) is 5.23 Å². The maximum absolute atomic E-state index is 11.4. The zero-order valence-corrected chi connectivity index (χ0v) is 13.2. The first-order valence-electron chi connectivity index (χ1n) is 8.11. The number of nitrogens with one attached hydrogen (secondary N) is 1. The Kier molecular flexibility index (Phi) is 3.53. The summed E-state index contributed by atoms with van der Waals surface area (Å²) in [5.41, 5.74) is 0.959. The van der Waals surface area contributed by atoms with Gasteiger partial charge in [-0.15, -0.1) is 0 Å². The van der Waals surface area contributed by atoms with Crippen LogP contribution in [0.5, 0.6) is 0 Å². The number of benzene rings is 1. The third-order valence-electron chi connectivity index (χ3n) is 5.73. The van der Waals surface area contributed by atoms with Crippen molar-refractivity contribution in [2.75, 3.05) is 0 Å². The van der Waals surface area contributed by atoms with Gasteiger partial charge < -0.3 is 5.21 Å². The van der Waals surface area contributed by atoms with Gasteiger partial charge in [-0.3, -0.25) is 4.99 Å². The van der Waals surface area contributed by atoms with Gasteiger partial charge in [0.2, 0.25) is 0 Å². The van der Waals surface area contributed by atoms with Gasteiger partial charge in [0, 0.05) is 17.3 Å². The van der Waals surface area contributed by atoms with Gasteiger partial charge in [0.15, 0.2) is 5.69 Å². The van der Waals surface area contributed by atoms with Crippen LogP contribution in [0.3, 0.4) is 0 Å². The lowest BCUT2D eigenvalue weighted by molar-refractivity contribution is -0.991. The molecule has 1 unspecified atom stereocenters. The zero-order valence-electron chi connectivity index (χ0n) is 12.5. The van der Waals surface area contributed by atoms with E-state index in [4.69, 9.17) is 16.6 Å². The maximum atomic E-state index is 11.4. The first-order chi connectivity index (χ1) is 10.5. The third-order valence-corrected chi connectivity index (χ3v) is 5.96. The normalized spacial score (nSPS) is 37.9. The monoisotopic (exact) mass is 320 g/mol. The van der Waals surface area contributed by atoms with Gasteiger partial charge in [0.05, 0.1) is 11.1 Å². The first-order valence-corrected chi connectivity index (χ1v) is 8.49. The van der Waals surface area contributed by atoms with Crippen molar-refractivity contribution in [2.45, 2.75) is 44.1 Å². The highest BCUT2D eigenvalue weighted by Crippen LogP contribution is 2.57. The smallest absolute Gasteiger partial charge is 0.172 e. The summed E-state index contributed by atoms with van der Waals surface area (Å²) in [6.07, 6.45) is 9.45. The Labute approximate surface area is 135 Å². The Morgan fingerprint density at radius 2 is 1.77 bits per heavy atom. The van der Waals surface area contributed by atoms with Gasteiger partial charge in [-0.05, 0) is 68.4 Å². The summed E-state index contributed by atoms with van der Waals surface area (Å²) >= 11 is 6.02. The van der Waals surface area contributed by atoms with E-state index in [1.165, 1.54) is 38.5 Å². The molecule has 4 saturated carbocycles. The summed E-state index contributed by atoms with van der Waals surface area (Å²) in [5, 5.41) is 20.3. The molecule has 0 radical (unpaired) electrons. The van der Waals surface area contributed by atoms with Crippen molar-refractivity contribution in [3.8, 4) is 0 Å². The highest BCUT2D eigenvalue weighted by atomic mass is 35.5. The predicted octanol–water partition coefficient (Wildman–Crippen LogP) is 3.13. The zero-order chi connectivity index (χ0) is 15.3. The molecule has 4 bridgehead atoms. The van der Waals surface area contributed by atoms with Gasteiger partial charge in [0.1, 0.15) is 0 Å². The first kappa shape index (κ1) is 14.6. The summed E-state index contributed by atoms with van der Waals surface area (Å²) in [5.74, 6) is 2.50. The number of rotatable bonds is 3. The molecule has 22 heavy (non-hydrogen) atoms. The molecule has 0 spiro atoms. The number of halogens is 1. The molecule has 5 rings (SSSR count). The lowest BCUT2D eigenvalue weighted by Gasteiger charge is -2.54. The molecule has 0 aromatic heterocycles. The van der Waals surface area contributed by atoms with Gasteiger partial charge in [-0.25, -0.2) is 5.21 Å². The van der Waals surface area contributed by atoms with Crippen molar-refractivity contribution in [1.29, 1.82) is 0 Å². The second kappa shape index (κ2) is 5.31. The average molecular weight is 321 g/mol. The molecular weight excluding hydrogens is 300 g/mol. The van der Waals surface area contributed by atoms with Gasteiger partial charge in [-0.1, -0.05) is 11.6 Å². The fourth-order valence-corrected chi connectivity index (χ4v) is 5.45. The second-order valence-electron chi connectivity index (χ2n) is 7.44. The van der Waals surface area contributed by atoms with E-state index in [0.29, 0.717) is 10.6 Å². The van der Waals surface area contributed by atoms with E-state index in [2.05, 4.69) is 0 Å². The highest BCUT2D eigenvalue weighted by Gasteiger charge is 2.50. The third kappa shape index (κ3) is 2.58. The summed E-state index contributed by atoms with van der Waals surface area (Å²) in [4.78, 5) is 4.92. The SMILES string of the molecule is [O-][NH+](O)c1ccc(Cl)cc1C=NC12CC3CC(CC(C3)C1)C2. The van der Waals surface area contributed by atoms with Crippen LogP contribution >= 0.6 is 11.6 Å². The molecule has 4 aliphatic carbocycles. The molecular formula is C17H21ClN2O2. The van der Waals surface area contributed by atoms with Crippen LogP contribution in [0, 0.1) is 23.0 Å². The molecule has 0 aliphatic heterocycles. The van der Waals surface area contributed by atoms with Crippen LogP contribution in [-0.2, 0) is 0 Å². The fourth-order valence-electron chi connectivity index (χ4n) is 5.26. The van der Waals surface area contributed by atoms with Crippen molar-refractivity contribution in [2.24, 2.45) is 22.7 Å². The summed E-state index contributed by atoms with van der Waals surface area (Å²) in [6.45, 7) is 0. The maximum Gasteiger partial charge on any atom is 0.172 e. The standard InChI is InChI=1S/C17H21ClN2O2/c18-15-1-2-16(20(21)22)14(6-15)10-19-17-7-11-3-12(8-17)5-13(4-11)9-17/h1-2,6,10-13,20-21H,3-5,7-9H2. The molecule has 5 heteroatoms. The molecule has 1 atom stereocenters. The lowest BCUT2D eigenvalue weighted by Crippen LogP contribution is -2.99. The predicted molar refractivity (Wildman–Crippen MR) is 85.7 cm³/mol. The number of hydrogen-bond acceptors (Lipinski definition) is 3. The topological polar surface area (TPSA) is 60.1 Å². The van der Waals surface area contributed by atoms with E-state index in [-0.39, 0.29) is 11.2 Å². The van der Waals surface area contributed by atoms with Crippen molar-refractivity contribution in [3.63, 3.8) is 0 Å². The lowest BCUT2D eigenvalue weighted by atomic mass is 9.53. The molecule has 4 fully saturated rings. The molecule has 4 aliphatic rings. The molecule has 2 N–H and O–H groups in total. The molecule has 0 heterocycles. The van der Waals surface area contributed by atoms with Crippen LogP contribution in [0.25, 0.3) is 0 Å². The summed E-state index contributed by atoms with van der Waals surface area (Å²) < 4.78 is 0. The molecule has 1 aromatic carbocycles. The molecule has 4 nitrogen and oxygen atoms in total. The minimum absolute atomic E-state index is 0.0623. The number of nitrogens with zero attached hydrogens (tertiary/aromatic N) is 1. The quantitative estimate of drug-likeness (QED) is 0.664. The van der Waals surface area contributed by atoms with Gasteiger partial charge in [0.25, 0.3) is 0 Å². The average Bonchev–Trinajstić information content (AvgIpc) is 2.43. The molecule has 118 valence electrons. The van der Waals surface area contributed by atoms with Crippen molar-refractivity contribution >= 4 is 23.5 Å². The fraction of sp³-hybridized carbons (Fsp3) is 0.588. The van der Waals surface area contributed by atoms with Crippen molar-refractivity contribution < 1.29 is 10.4 Å². The van der Waals surface area contributed by atoms with Gasteiger partial charge >= 0.3 is 0 Å². The Balaban J connectivity index is 1.63. The number of aliphatic imine (C=N–C) groups is 1. The Morgan fingerprint density at radius 3 is 2.32 bits per heavy atom. The van der Waals surface area contributed by atoms with Crippen LogP contribution in [0.1, 0.15) is 44.1 Å². The minimum atomic E-state index is -0.927. The largest absolute Gasteiger partial charge is 0.595 e. The number of hydrogen-bond donors (Lipinski definition) is 2. The number of quaternary nitrogens is 1. The van der Waals surface area contributed by atoms with E-state index in [9.17, 15) is 10.4 Å². The summed E-state index contributed by atoms with van der Waals surface area (Å²) in [7, 11) is 0. The Hall–Kier alpha value is -0.940. The Morgan fingerprint density at radius 1 is 1.18 bits per heavy atom. The van der Waals surface area contributed by atoms with Crippen LogP contribution < -0.4 is 5.23 Å². The minimum Gasteiger partial charge on any atom is -0.595 e. The van der Waals surface area contributed by atoms with Crippen molar-refractivity contribution in [1.82, 2.24) is 0 Å².